The maximum Gasteiger partial charge on any atom is 0.308 e. The zero-order valence-corrected chi connectivity index (χ0v) is 9.52. The molecule has 0 fully saturated rings. The van der Waals surface area contributed by atoms with E-state index in [2.05, 4.69) is 0 Å². The molecule has 0 bridgehead atoms. The van der Waals surface area contributed by atoms with Crippen molar-refractivity contribution in [3.05, 3.63) is 0 Å². The van der Waals surface area contributed by atoms with E-state index in [-0.39, 0.29) is 12.5 Å². The van der Waals surface area contributed by atoms with Crippen molar-refractivity contribution in [1.82, 2.24) is 4.90 Å². The molecule has 5 nitrogen and oxygen atoms in total. The SMILES string of the molecule is CCC(CN(CCOC)C(C)=O)C(=O)O. The molecular weight excluding hydrogens is 198 g/mol. The number of aliphatic carboxylic acids is 1. The largest absolute Gasteiger partial charge is 0.481 e. The Morgan fingerprint density at radius 2 is 2.07 bits per heavy atom. The van der Waals surface area contributed by atoms with Crippen LogP contribution in [-0.4, -0.2) is 48.7 Å². The van der Waals surface area contributed by atoms with Crippen LogP contribution in [0.5, 0.6) is 0 Å². The Hall–Kier alpha value is -1.10. The van der Waals surface area contributed by atoms with Crippen molar-refractivity contribution >= 4 is 11.9 Å². The van der Waals surface area contributed by atoms with Crippen LogP contribution < -0.4 is 0 Å². The Balaban J connectivity index is 4.25. The highest BCUT2D eigenvalue weighted by Crippen LogP contribution is 2.06. The van der Waals surface area contributed by atoms with E-state index in [0.29, 0.717) is 19.6 Å². The predicted octanol–water partition coefficient (Wildman–Crippen LogP) is 0.592. The molecule has 88 valence electrons. The summed E-state index contributed by atoms with van der Waals surface area (Å²) in [5, 5.41) is 8.86. The van der Waals surface area contributed by atoms with Crippen LogP contribution in [0.3, 0.4) is 0 Å². The van der Waals surface area contributed by atoms with Gasteiger partial charge in [-0.15, -0.1) is 0 Å². The molecule has 5 heteroatoms. The monoisotopic (exact) mass is 217 g/mol. The number of carbonyl (C=O) groups is 2. The van der Waals surface area contributed by atoms with Gasteiger partial charge in [0.05, 0.1) is 12.5 Å². The first-order valence-corrected chi connectivity index (χ1v) is 5.00. The average Bonchev–Trinajstić information content (AvgIpc) is 2.17. The first-order chi connectivity index (χ1) is 7.02. The fourth-order valence-corrected chi connectivity index (χ4v) is 1.23. The van der Waals surface area contributed by atoms with E-state index in [1.807, 2.05) is 0 Å². The second kappa shape index (κ2) is 7.23. The molecule has 0 spiro atoms. The molecule has 0 saturated heterocycles. The number of rotatable bonds is 7. The van der Waals surface area contributed by atoms with Crippen LogP contribution >= 0.6 is 0 Å². The summed E-state index contributed by atoms with van der Waals surface area (Å²) in [5.41, 5.74) is 0. The molecule has 0 aliphatic carbocycles. The van der Waals surface area contributed by atoms with Crippen LogP contribution in [0.25, 0.3) is 0 Å². The number of carboxylic acids is 1. The Bertz CT molecular complexity index is 217. The summed E-state index contributed by atoms with van der Waals surface area (Å²) < 4.78 is 4.86. The molecule has 0 heterocycles. The van der Waals surface area contributed by atoms with Crippen LogP contribution in [-0.2, 0) is 14.3 Å². The zero-order chi connectivity index (χ0) is 11.8. The summed E-state index contributed by atoms with van der Waals surface area (Å²) in [7, 11) is 1.55. The van der Waals surface area contributed by atoms with Gasteiger partial charge in [-0.25, -0.2) is 0 Å². The van der Waals surface area contributed by atoms with Gasteiger partial charge >= 0.3 is 5.97 Å². The third-order valence-electron chi connectivity index (χ3n) is 2.29. The summed E-state index contributed by atoms with van der Waals surface area (Å²) in [6, 6.07) is 0. The van der Waals surface area contributed by atoms with E-state index in [0.717, 1.165) is 0 Å². The molecule has 0 aliphatic heterocycles. The van der Waals surface area contributed by atoms with Gasteiger partial charge in [-0.05, 0) is 6.42 Å². The maximum absolute atomic E-state index is 11.2. The highest BCUT2D eigenvalue weighted by atomic mass is 16.5. The molecule has 1 amide bonds. The van der Waals surface area contributed by atoms with Crippen molar-refractivity contribution < 1.29 is 19.4 Å². The number of amides is 1. The molecule has 0 aliphatic rings. The fourth-order valence-electron chi connectivity index (χ4n) is 1.23. The third kappa shape index (κ3) is 5.37. The molecule has 0 aromatic carbocycles. The van der Waals surface area contributed by atoms with Gasteiger partial charge in [-0.3, -0.25) is 9.59 Å². The predicted molar refractivity (Wildman–Crippen MR) is 55.5 cm³/mol. The van der Waals surface area contributed by atoms with Crippen LogP contribution in [0, 0.1) is 5.92 Å². The average molecular weight is 217 g/mol. The first-order valence-electron chi connectivity index (χ1n) is 5.00. The normalized spacial score (nSPS) is 12.2. The maximum atomic E-state index is 11.2. The highest BCUT2D eigenvalue weighted by Gasteiger charge is 2.20. The third-order valence-corrected chi connectivity index (χ3v) is 2.29. The minimum Gasteiger partial charge on any atom is -0.481 e. The van der Waals surface area contributed by atoms with Gasteiger partial charge in [-0.1, -0.05) is 6.92 Å². The number of hydrogen-bond acceptors (Lipinski definition) is 3. The van der Waals surface area contributed by atoms with Gasteiger partial charge < -0.3 is 14.7 Å². The molecular formula is C10H19NO4. The van der Waals surface area contributed by atoms with Crippen molar-refractivity contribution in [2.24, 2.45) is 5.92 Å². The molecule has 0 aromatic rings. The highest BCUT2D eigenvalue weighted by molar-refractivity contribution is 5.75. The second-order valence-corrected chi connectivity index (χ2v) is 3.40. The van der Waals surface area contributed by atoms with Crippen molar-refractivity contribution in [1.29, 1.82) is 0 Å². The molecule has 1 atom stereocenters. The van der Waals surface area contributed by atoms with Gasteiger partial charge in [-0.2, -0.15) is 0 Å². The minimum atomic E-state index is -0.860. The molecule has 0 saturated carbocycles. The number of carboxylic acid groups (broad SMARTS) is 1. The number of ether oxygens (including phenoxy) is 1. The molecule has 0 rings (SSSR count). The summed E-state index contributed by atoms with van der Waals surface area (Å²) in [4.78, 5) is 23.5. The lowest BCUT2D eigenvalue weighted by molar-refractivity contribution is -0.143. The second-order valence-electron chi connectivity index (χ2n) is 3.40. The summed E-state index contributed by atoms with van der Waals surface area (Å²) in [6.07, 6.45) is 0.520. The molecule has 0 radical (unpaired) electrons. The van der Waals surface area contributed by atoms with Crippen LogP contribution in [0.15, 0.2) is 0 Å². The van der Waals surface area contributed by atoms with Crippen LogP contribution in [0.4, 0.5) is 0 Å². The zero-order valence-electron chi connectivity index (χ0n) is 9.52. The first kappa shape index (κ1) is 13.9. The van der Waals surface area contributed by atoms with Crippen molar-refractivity contribution in [2.45, 2.75) is 20.3 Å². The fraction of sp³-hybridized carbons (Fsp3) is 0.800. The summed E-state index contributed by atoms with van der Waals surface area (Å²) in [5.74, 6) is -1.47. The number of methoxy groups -OCH3 is 1. The van der Waals surface area contributed by atoms with E-state index in [1.165, 1.54) is 11.8 Å². The van der Waals surface area contributed by atoms with Gasteiger partial charge in [0, 0.05) is 27.1 Å². The Morgan fingerprint density at radius 1 is 1.47 bits per heavy atom. The van der Waals surface area contributed by atoms with E-state index in [4.69, 9.17) is 9.84 Å². The van der Waals surface area contributed by atoms with E-state index in [9.17, 15) is 9.59 Å². The molecule has 1 N–H and O–H groups in total. The number of nitrogens with zero attached hydrogens (tertiary/aromatic N) is 1. The Labute approximate surface area is 90.0 Å². The number of hydrogen-bond donors (Lipinski definition) is 1. The Kier molecular flexibility index (Phi) is 6.70. The molecule has 15 heavy (non-hydrogen) atoms. The lowest BCUT2D eigenvalue weighted by atomic mass is 10.1. The van der Waals surface area contributed by atoms with Gasteiger partial charge in [0.25, 0.3) is 0 Å². The Morgan fingerprint density at radius 3 is 2.40 bits per heavy atom. The topological polar surface area (TPSA) is 66.8 Å². The van der Waals surface area contributed by atoms with E-state index in [1.54, 1.807) is 14.0 Å². The van der Waals surface area contributed by atoms with Gasteiger partial charge in [0.15, 0.2) is 0 Å². The smallest absolute Gasteiger partial charge is 0.308 e. The molecule has 1 unspecified atom stereocenters. The standard InChI is InChI=1S/C10H19NO4/c1-4-9(10(13)14)7-11(8(2)12)5-6-15-3/h9H,4-7H2,1-3H3,(H,13,14). The summed E-state index contributed by atoms with van der Waals surface area (Å²) in [6.45, 7) is 4.35. The minimum absolute atomic E-state index is 0.119. The quantitative estimate of drug-likeness (QED) is 0.678. The van der Waals surface area contributed by atoms with Gasteiger partial charge in [0.1, 0.15) is 0 Å². The van der Waals surface area contributed by atoms with Crippen molar-refractivity contribution in [2.75, 3.05) is 26.8 Å². The molecule has 0 aromatic heterocycles. The van der Waals surface area contributed by atoms with Crippen molar-refractivity contribution in [3.8, 4) is 0 Å². The lowest BCUT2D eigenvalue weighted by Crippen LogP contribution is -2.38. The number of carbonyl (C=O) groups excluding carboxylic acids is 1. The summed E-state index contributed by atoms with van der Waals surface area (Å²) >= 11 is 0. The van der Waals surface area contributed by atoms with E-state index >= 15 is 0 Å². The van der Waals surface area contributed by atoms with Gasteiger partial charge in [0.2, 0.25) is 5.91 Å². The van der Waals surface area contributed by atoms with Crippen LogP contribution in [0.1, 0.15) is 20.3 Å². The lowest BCUT2D eigenvalue weighted by Gasteiger charge is -2.23. The van der Waals surface area contributed by atoms with Crippen LogP contribution in [0.2, 0.25) is 0 Å². The van der Waals surface area contributed by atoms with E-state index < -0.39 is 11.9 Å². The van der Waals surface area contributed by atoms with Crippen molar-refractivity contribution in [3.63, 3.8) is 0 Å².